The van der Waals surface area contributed by atoms with Crippen molar-refractivity contribution in [1.82, 2.24) is 0 Å². The van der Waals surface area contributed by atoms with Gasteiger partial charge in [-0.05, 0) is 68.6 Å². The molecule has 2 rings (SSSR count). The van der Waals surface area contributed by atoms with Crippen LogP contribution >= 0.6 is 8.58 Å². The largest absolute Gasteiger partial charge is 0.393 e. The van der Waals surface area contributed by atoms with Gasteiger partial charge in [0.1, 0.15) is 0 Å². The van der Waals surface area contributed by atoms with E-state index in [1.165, 1.54) is 35.7 Å². The van der Waals surface area contributed by atoms with Crippen LogP contribution in [0.2, 0.25) is 0 Å². The van der Waals surface area contributed by atoms with Gasteiger partial charge in [-0.25, -0.2) is 0 Å². The third-order valence-electron chi connectivity index (χ3n) is 6.98. The molecule has 0 bridgehead atoms. The van der Waals surface area contributed by atoms with Crippen LogP contribution < -0.4 is 0 Å². The van der Waals surface area contributed by atoms with Crippen molar-refractivity contribution >= 4 is 8.58 Å². The summed E-state index contributed by atoms with van der Waals surface area (Å²) in [6, 6.07) is 0. The van der Waals surface area contributed by atoms with Gasteiger partial charge in [-0.1, -0.05) is 93.9 Å². The van der Waals surface area contributed by atoms with Gasteiger partial charge in [-0.3, -0.25) is 0 Å². The van der Waals surface area contributed by atoms with Crippen LogP contribution in [0.4, 0.5) is 0 Å². The second-order valence-electron chi connectivity index (χ2n) is 10.6. The van der Waals surface area contributed by atoms with Gasteiger partial charge in [-0.2, -0.15) is 0 Å². The standard InChI is InChI=1S/C28H45OP/c1-8-24(15-16-26-21(2)13-12-17-27(26,4)5)30-18-11-9-10-14-25-22(3)19-23(29)20-28(25,6)7/h9-10,12-13,15-17,23-24,26,29-30H,8,11,14,18-20H2,1-7H3. The summed E-state index contributed by atoms with van der Waals surface area (Å²) in [4.78, 5) is 0. The summed E-state index contributed by atoms with van der Waals surface area (Å²) < 4.78 is 0. The Morgan fingerprint density at radius 1 is 1.20 bits per heavy atom. The van der Waals surface area contributed by atoms with Crippen molar-refractivity contribution in [1.29, 1.82) is 0 Å². The van der Waals surface area contributed by atoms with E-state index in [-0.39, 0.29) is 16.9 Å². The number of rotatable bonds is 9. The number of hydrogen-bond acceptors (Lipinski definition) is 1. The van der Waals surface area contributed by atoms with Crippen molar-refractivity contribution in [2.45, 2.75) is 92.3 Å². The van der Waals surface area contributed by atoms with E-state index < -0.39 is 0 Å². The van der Waals surface area contributed by atoms with Crippen LogP contribution in [-0.2, 0) is 0 Å². The predicted octanol–water partition coefficient (Wildman–Crippen LogP) is 7.99. The molecule has 0 saturated carbocycles. The molecule has 2 aliphatic carbocycles. The number of hydrogen-bond donors (Lipinski definition) is 1. The van der Waals surface area contributed by atoms with E-state index in [0.29, 0.717) is 11.6 Å². The fourth-order valence-electron chi connectivity index (χ4n) is 5.20. The molecule has 1 nitrogen and oxygen atoms in total. The maximum absolute atomic E-state index is 10.1. The smallest absolute Gasteiger partial charge is 0.0585 e. The summed E-state index contributed by atoms with van der Waals surface area (Å²) in [5.41, 5.74) is 5.45. The number of aliphatic hydroxyl groups is 1. The van der Waals surface area contributed by atoms with E-state index >= 15 is 0 Å². The molecule has 2 aliphatic rings. The molecular formula is C28H45OP. The third kappa shape index (κ3) is 7.06. The monoisotopic (exact) mass is 428 g/mol. The quantitative estimate of drug-likeness (QED) is 0.224. The molecule has 0 aromatic carbocycles. The molecule has 0 heterocycles. The third-order valence-corrected chi connectivity index (χ3v) is 8.68. The lowest BCUT2D eigenvalue weighted by Crippen LogP contribution is -2.28. The highest BCUT2D eigenvalue weighted by atomic mass is 31.1. The second-order valence-corrected chi connectivity index (χ2v) is 12.2. The minimum atomic E-state index is -0.164. The molecule has 0 fully saturated rings. The molecule has 1 N–H and O–H groups in total. The van der Waals surface area contributed by atoms with E-state index in [1.54, 1.807) is 0 Å². The number of allylic oxidation sites excluding steroid dienone is 9. The Hall–Kier alpha value is -0.910. The lowest BCUT2D eigenvalue weighted by Gasteiger charge is -2.36. The van der Waals surface area contributed by atoms with Crippen LogP contribution in [0.25, 0.3) is 0 Å². The van der Waals surface area contributed by atoms with Crippen LogP contribution in [0, 0.1) is 16.7 Å². The van der Waals surface area contributed by atoms with Crippen LogP contribution in [0.1, 0.15) is 80.6 Å². The second kappa shape index (κ2) is 11.1. The van der Waals surface area contributed by atoms with Gasteiger partial charge in [0.05, 0.1) is 6.10 Å². The van der Waals surface area contributed by atoms with Gasteiger partial charge in [0.25, 0.3) is 0 Å². The SMILES string of the molecule is CCC(C=CC1C(C)=CC=CC1(C)C)PCCC=CCC1=C(C)CC(O)CC1(C)C. The highest BCUT2D eigenvalue weighted by molar-refractivity contribution is 7.39. The summed E-state index contributed by atoms with van der Waals surface area (Å²) >= 11 is 0. The van der Waals surface area contributed by atoms with Crippen LogP contribution in [-0.4, -0.2) is 23.0 Å². The molecule has 0 radical (unpaired) electrons. The minimum absolute atomic E-state index is 0.126. The van der Waals surface area contributed by atoms with Crippen molar-refractivity contribution in [3.8, 4) is 0 Å². The van der Waals surface area contributed by atoms with E-state index in [2.05, 4.69) is 91.0 Å². The van der Waals surface area contributed by atoms with Gasteiger partial charge >= 0.3 is 0 Å². The first-order valence-electron chi connectivity index (χ1n) is 11.9. The Labute approximate surface area is 188 Å². The topological polar surface area (TPSA) is 20.2 Å². The molecule has 4 atom stereocenters. The Kier molecular flexibility index (Phi) is 9.38. The van der Waals surface area contributed by atoms with Crippen LogP contribution in [0.15, 0.2) is 59.3 Å². The Bertz CT molecular complexity index is 717. The molecule has 0 aromatic heterocycles. The van der Waals surface area contributed by atoms with Gasteiger partial charge in [-0.15, -0.1) is 8.58 Å². The molecule has 0 aliphatic heterocycles. The van der Waals surface area contributed by atoms with Gasteiger partial charge in [0, 0.05) is 5.92 Å². The minimum Gasteiger partial charge on any atom is -0.393 e. The maximum atomic E-state index is 10.1. The van der Waals surface area contributed by atoms with Crippen LogP contribution in [0.3, 0.4) is 0 Å². The molecule has 0 spiro atoms. The lowest BCUT2D eigenvalue weighted by atomic mass is 9.70. The zero-order valence-electron chi connectivity index (χ0n) is 20.5. The van der Waals surface area contributed by atoms with Crippen molar-refractivity contribution < 1.29 is 5.11 Å². The molecular weight excluding hydrogens is 383 g/mol. The molecule has 0 saturated heterocycles. The average Bonchev–Trinajstić information content (AvgIpc) is 2.62. The van der Waals surface area contributed by atoms with E-state index in [4.69, 9.17) is 0 Å². The zero-order valence-corrected chi connectivity index (χ0v) is 21.5. The Morgan fingerprint density at radius 2 is 1.93 bits per heavy atom. The summed E-state index contributed by atoms with van der Waals surface area (Å²) in [5, 5.41) is 10.1. The number of aliphatic hydroxyl groups excluding tert-OH is 1. The summed E-state index contributed by atoms with van der Waals surface area (Å²) in [7, 11) is 0.996. The predicted molar refractivity (Wildman–Crippen MR) is 137 cm³/mol. The summed E-state index contributed by atoms with van der Waals surface area (Å²) in [6.45, 7) is 16.0. The van der Waals surface area contributed by atoms with Crippen LogP contribution in [0.5, 0.6) is 0 Å². The molecule has 0 amide bonds. The molecule has 2 heteroatoms. The Morgan fingerprint density at radius 3 is 2.57 bits per heavy atom. The van der Waals surface area contributed by atoms with Gasteiger partial charge < -0.3 is 5.11 Å². The zero-order chi connectivity index (χ0) is 22.4. The summed E-state index contributed by atoms with van der Waals surface area (Å²) in [6.07, 6.45) is 22.8. The first-order valence-corrected chi connectivity index (χ1v) is 13.1. The van der Waals surface area contributed by atoms with Crippen molar-refractivity contribution in [3.63, 3.8) is 0 Å². The van der Waals surface area contributed by atoms with Crippen molar-refractivity contribution in [2.75, 3.05) is 6.16 Å². The first kappa shape index (κ1) is 25.4. The van der Waals surface area contributed by atoms with E-state index in [0.717, 1.165) is 27.8 Å². The average molecular weight is 429 g/mol. The van der Waals surface area contributed by atoms with Gasteiger partial charge in [0.2, 0.25) is 0 Å². The normalized spacial score (nSPS) is 27.5. The fourth-order valence-corrected chi connectivity index (χ4v) is 6.44. The van der Waals surface area contributed by atoms with Crippen molar-refractivity contribution in [2.24, 2.45) is 16.7 Å². The highest BCUT2D eigenvalue weighted by Crippen LogP contribution is 2.42. The maximum Gasteiger partial charge on any atom is 0.0585 e. The van der Waals surface area contributed by atoms with Crippen molar-refractivity contribution in [3.05, 3.63) is 59.3 Å². The molecule has 168 valence electrons. The van der Waals surface area contributed by atoms with E-state index in [9.17, 15) is 5.11 Å². The molecule has 30 heavy (non-hydrogen) atoms. The fraction of sp³-hybridized carbons (Fsp3) is 0.643. The molecule has 0 aromatic rings. The highest BCUT2D eigenvalue weighted by Gasteiger charge is 2.32. The lowest BCUT2D eigenvalue weighted by molar-refractivity contribution is 0.114. The van der Waals surface area contributed by atoms with E-state index in [1.807, 2.05) is 0 Å². The summed E-state index contributed by atoms with van der Waals surface area (Å²) in [5.74, 6) is 0.523. The Balaban J connectivity index is 1.80. The molecule has 4 unspecified atom stereocenters. The first-order chi connectivity index (χ1) is 14.1. The van der Waals surface area contributed by atoms with Gasteiger partial charge in [0.15, 0.2) is 0 Å².